The van der Waals surface area contributed by atoms with Crippen molar-refractivity contribution in [1.82, 2.24) is 0 Å². The minimum atomic E-state index is -1.19. The normalized spacial score (nSPS) is 33.6. The lowest BCUT2D eigenvalue weighted by atomic mass is 10.4. The summed E-state index contributed by atoms with van der Waals surface area (Å²) < 4.78 is 0. The van der Waals surface area contributed by atoms with Crippen molar-refractivity contribution in [3.63, 3.8) is 0 Å². The first kappa shape index (κ1) is 5.44. The third-order valence-corrected chi connectivity index (χ3v) is 1.03. The summed E-state index contributed by atoms with van der Waals surface area (Å²) in [5.74, 6) is 0. The van der Waals surface area contributed by atoms with Gasteiger partial charge in [0.15, 0.2) is 6.29 Å². The summed E-state index contributed by atoms with van der Waals surface area (Å²) in [4.78, 5) is 15.9. The third-order valence-electron chi connectivity index (χ3n) is 0.743. The van der Waals surface area contributed by atoms with Crippen LogP contribution < -0.4 is 0 Å². The zero-order chi connectivity index (χ0) is 6.04. The second-order valence-electron chi connectivity index (χ2n) is 1.37. The maximum absolute atomic E-state index is 9.99. The molecular formula is C4H3ClN2O. The first-order chi connectivity index (χ1) is 3.77. The maximum atomic E-state index is 9.99. The molecule has 3 nitrogen and oxygen atoms in total. The molecule has 0 saturated carbocycles. The Bertz CT molecular complexity index is 151. The van der Waals surface area contributed by atoms with Crippen LogP contribution in [0.15, 0.2) is 9.98 Å². The first-order valence-corrected chi connectivity index (χ1v) is 2.38. The van der Waals surface area contributed by atoms with Crippen molar-refractivity contribution in [2.45, 2.75) is 5.00 Å². The Morgan fingerprint density at radius 2 is 2.50 bits per heavy atom. The summed E-state index contributed by atoms with van der Waals surface area (Å²) in [6, 6.07) is 0. The summed E-state index contributed by atoms with van der Waals surface area (Å²) in [6.45, 7) is 0. The van der Waals surface area contributed by atoms with Crippen LogP contribution in [0.25, 0.3) is 0 Å². The van der Waals surface area contributed by atoms with Gasteiger partial charge in [0.2, 0.25) is 5.00 Å². The number of alkyl halides is 1. The molecule has 0 amide bonds. The van der Waals surface area contributed by atoms with Gasteiger partial charge in [-0.1, -0.05) is 11.6 Å². The number of carbonyl (C=O) groups is 1. The predicted octanol–water partition coefficient (Wildman–Crippen LogP) is 0.233. The zero-order valence-corrected chi connectivity index (χ0v) is 4.67. The summed E-state index contributed by atoms with van der Waals surface area (Å²) in [6.07, 6.45) is 3.06. The number of hydrogen-bond donors (Lipinski definition) is 0. The largest absolute Gasteiger partial charge is 0.299 e. The molecule has 0 saturated heterocycles. The maximum Gasteiger partial charge on any atom is 0.225 e. The molecule has 0 bridgehead atoms. The molecule has 1 heterocycles. The van der Waals surface area contributed by atoms with Crippen LogP contribution >= 0.6 is 11.6 Å². The predicted molar refractivity (Wildman–Crippen MR) is 31.6 cm³/mol. The standard InChI is InChI=1S/C4H3ClN2O/c5-4(2-8)1-6-3-7-4/h1-3H. The Morgan fingerprint density at radius 1 is 1.75 bits per heavy atom. The van der Waals surface area contributed by atoms with Crippen LogP contribution in [-0.4, -0.2) is 23.8 Å². The lowest BCUT2D eigenvalue weighted by molar-refractivity contribution is -0.108. The molecule has 0 fully saturated rings. The molecule has 1 aliphatic heterocycles. The molecule has 42 valence electrons. The number of halogens is 1. The minimum Gasteiger partial charge on any atom is -0.299 e. The van der Waals surface area contributed by atoms with Gasteiger partial charge in [0, 0.05) is 0 Å². The van der Waals surface area contributed by atoms with Crippen LogP contribution in [0.4, 0.5) is 0 Å². The molecular weight excluding hydrogens is 128 g/mol. The van der Waals surface area contributed by atoms with E-state index in [2.05, 4.69) is 9.98 Å². The number of carbonyl (C=O) groups excluding carboxylic acids is 1. The van der Waals surface area contributed by atoms with E-state index in [1.807, 2.05) is 0 Å². The zero-order valence-electron chi connectivity index (χ0n) is 3.91. The van der Waals surface area contributed by atoms with E-state index < -0.39 is 5.00 Å². The fourth-order valence-electron chi connectivity index (χ4n) is 0.354. The molecule has 1 rings (SSSR count). The van der Waals surface area contributed by atoms with Gasteiger partial charge < -0.3 is 0 Å². The molecule has 0 aliphatic carbocycles. The average Bonchev–Trinajstić information content (AvgIpc) is 2.17. The van der Waals surface area contributed by atoms with Crippen molar-refractivity contribution in [2.75, 3.05) is 0 Å². The molecule has 0 radical (unpaired) electrons. The highest BCUT2D eigenvalue weighted by Crippen LogP contribution is 2.12. The van der Waals surface area contributed by atoms with Crippen LogP contribution in [0.3, 0.4) is 0 Å². The molecule has 0 aromatic carbocycles. The molecule has 0 spiro atoms. The van der Waals surface area contributed by atoms with Gasteiger partial charge in [-0.2, -0.15) is 0 Å². The topological polar surface area (TPSA) is 41.8 Å². The second kappa shape index (κ2) is 1.67. The van der Waals surface area contributed by atoms with E-state index in [9.17, 15) is 4.79 Å². The van der Waals surface area contributed by atoms with E-state index >= 15 is 0 Å². The van der Waals surface area contributed by atoms with Crippen LogP contribution in [0.1, 0.15) is 0 Å². The highest BCUT2D eigenvalue weighted by atomic mass is 35.5. The highest BCUT2D eigenvalue weighted by molar-refractivity contribution is 6.41. The average molecular weight is 131 g/mol. The Labute approximate surface area is 51.1 Å². The van der Waals surface area contributed by atoms with E-state index in [1.54, 1.807) is 0 Å². The van der Waals surface area contributed by atoms with Gasteiger partial charge in [-0.15, -0.1) is 0 Å². The third kappa shape index (κ3) is 0.767. The van der Waals surface area contributed by atoms with Gasteiger partial charge in [0.1, 0.15) is 6.34 Å². The van der Waals surface area contributed by atoms with Gasteiger partial charge in [0.05, 0.1) is 6.21 Å². The highest BCUT2D eigenvalue weighted by Gasteiger charge is 2.23. The van der Waals surface area contributed by atoms with Crippen molar-refractivity contribution in [3.05, 3.63) is 0 Å². The van der Waals surface area contributed by atoms with Gasteiger partial charge in [-0.25, -0.2) is 9.98 Å². The van der Waals surface area contributed by atoms with Gasteiger partial charge in [0.25, 0.3) is 0 Å². The van der Waals surface area contributed by atoms with E-state index in [1.165, 1.54) is 12.6 Å². The summed E-state index contributed by atoms with van der Waals surface area (Å²) in [7, 11) is 0. The Kier molecular flexibility index (Phi) is 1.13. The van der Waals surface area contributed by atoms with Gasteiger partial charge >= 0.3 is 0 Å². The van der Waals surface area contributed by atoms with E-state index in [0.717, 1.165) is 0 Å². The minimum absolute atomic E-state index is 0.529. The Morgan fingerprint density at radius 3 is 2.75 bits per heavy atom. The van der Waals surface area contributed by atoms with E-state index in [-0.39, 0.29) is 0 Å². The molecule has 8 heavy (non-hydrogen) atoms. The SMILES string of the molecule is O=CC1(Cl)C=NC=N1. The van der Waals surface area contributed by atoms with E-state index in [4.69, 9.17) is 11.6 Å². The lowest BCUT2D eigenvalue weighted by Gasteiger charge is -1.99. The molecule has 1 atom stereocenters. The fourth-order valence-corrected chi connectivity index (χ4v) is 0.454. The van der Waals surface area contributed by atoms with Crippen LogP contribution in [0, 0.1) is 0 Å². The number of nitrogens with zero attached hydrogens (tertiary/aromatic N) is 2. The van der Waals surface area contributed by atoms with Crippen LogP contribution in [-0.2, 0) is 4.79 Å². The number of aldehydes is 1. The van der Waals surface area contributed by atoms with Crippen LogP contribution in [0.2, 0.25) is 0 Å². The van der Waals surface area contributed by atoms with Crippen molar-refractivity contribution < 1.29 is 4.79 Å². The molecule has 0 aromatic heterocycles. The van der Waals surface area contributed by atoms with Crippen molar-refractivity contribution in [2.24, 2.45) is 9.98 Å². The second-order valence-corrected chi connectivity index (χ2v) is 1.97. The summed E-state index contributed by atoms with van der Waals surface area (Å²) in [5.41, 5.74) is 0. The van der Waals surface area contributed by atoms with Gasteiger partial charge in [-0.05, 0) is 0 Å². The number of rotatable bonds is 1. The summed E-state index contributed by atoms with van der Waals surface area (Å²) in [5, 5.41) is 0. The molecule has 1 unspecified atom stereocenters. The van der Waals surface area contributed by atoms with Crippen molar-refractivity contribution in [1.29, 1.82) is 0 Å². The number of hydrogen-bond acceptors (Lipinski definition) is 3. The lowest BCUT2D eigenvalue weighted by Crippen LogP contribution is -2.18. The van der Waals surface area contributed by atoms with Crippen molar-refractivity contribution >= 4 is 30.4 Å². The fraction of sp³-hybridized carbons (Fsp3) is 0.250. The van der Waals surface area contributed by atoms with Crippen LogP contribution in [0.5, 0.6) is 0 Å². The Hall–Kier alpha value is -0.700. The smallest absolute Gasteiger partial charge is 0.225 e. The van der Waals surface area contributed by atoms with Crippen molar-refractivity contribution in [3.8, 4) is 0 Å². The Balaban J connectivity index is 2.83. The molecule has 0 aromatic rings. The molecule has 1 aliphatic rings. The first-order valence-electron chi connectivity index (χ1n) is 2.00. The molecule has 0 N–H and O–H groups in total. The number of aliphatic imine (C=N–C) groups is 2. The molecule has 4 heteroatoms. The summed E-state index contributed by atoms with van der Waals surface area (Å²) >= 11 is 5.44. The van der Waals surface area contributed by atoms with E-state index in [0.29, 0.717) is 6.29 Å². The van der Waals surface area contributed by atoms with Gasteiger partial charge in [-0.3, -0.25) is 4.79 Å². The quantitative estimate of drug-likeness (QED) is 0.285. The monoisotopic (exact) mass is 130 g/mol.